The highest BCUT2D eigenvalue weighted by molar-refractivity contribution is 5.68. The van der Waals surface area contributed by atoms with Gasteiger partial charge in [-0.1, -0.05) is 31.9 Å². The molecule has 3 nitrogen and oxygen atoms in total. The van der Waals surface area contributed by atoms with Crippen molar-refractivity contribution in [2.45, 2.75) is 70.9 Å². The summed E-state index contributed by atoms with van der Waals surface area (Å²) in [5.74, 6) is 0. The molecule has 0 bridgehead atoms. The molecule has 0 amide bonds. The van der Waals surface area contributed by atoms with Gasteiger partial charge in [-0.3, -0.25) is 0 Å². The summed E-state index contributed by atoms with van der Waals surface area (Å²) in [6.45, 7) is 8.79. The lowest BCUT2D eigenvalue weighted by Crippen LogP contribution is -2.48. The summed E-state index contributed by atoms with van der Waals surface area (Å²) >= 11 is 0. The topological polar surface area (TPSA) is 38.5 Å². The van der Waals surface area contributed by atoms with E-state index < -0.39 is 0 Å². The zero-order valence-corrected chi connectivity index (χ0v) is 15.0. The van der Waals surface area contributed by atoms with Crippen LogP contribution in [0.5, 0.6) is 0 Å². The number of piperidine rings is 1. The second-order valence-corrected chi connectivity index (χ2v) is 8.23. The predicted octanol–water partition coefficient (Wildman–Crippen LogP) is 4.61. The Labute approximate surface area is 141 Å². The fraction of sp³-hybridized carbons (Fsp3) is 0.700. The molecule has 23 heavy (non-hydrogen) atoms. The third kappa shape index (κ3) is 3.50. The van der Waals surface area contributed by atoms with E-state index in [-0.39, 0.29) is 5.60 Å². The fourth-order valence-electron chi connectivity index (χ4n) is 4.66. The van der Waals surface area contributed by atoms with Crippen molar-refractivity contribution in [2.75, 3.05) is 23.8 Å². The minimum atomic E-state index is 0.0449. The average Bonchev–Trinajstić information content (AvgIpc) is 2.81. The van der Waals surface area contributed by atoms with Crippen LogP contribution in [0.4, 0.5) is 11.4 Å². The average molecular weight is 316 g/mol. The van der Waals surface area contributed by atoms with Gasteiger partial charge in [0.1, 0.15) is 0 Å². The van der Waals surface area contributed by atoms with Gasteiger partial charge in [0.2, 0.25) is 0 Å². The summed E-state index contributed by atoms with van der Waals surface area (Å²) in [5.41, 5.74) is 8.82. The smallest absolute Gasteiger partial charge is 0.0633 e. The number of rotatable bonds is 4. The number of nitrogens with two attached hydrogens (primary N) is 1. The molecule has 2 fully saturated rings. The van der Waals surface area contributed by atoms with Gasteiger partial charge >= 0.3 is 0 Å². The number of ether oxygens (including phenoxy) is 1. The van der Waals surface area contributed by atoms with Crippen molar-refractivity contribution >= 4 is 11.4 Å². The van der Waals surface area contributed by atoms with Gasteiger partial charge in [-0.2, -0.15) is 0 Å². The minimum Gasteiger partial charge on any atom is -0.397 e. The second kappa shape index (κ2) is 6.35. The van der Waals surface area contributed by atoms with Gasteiger partial charge in [0.05, 0.1) is 23.6 Å². The number of anilines is 2. The highest BCUT2D eigenvalue weighted by atomic mass is 16.5. The molecule has 2 atom stereocenters. The molecule has 2 aliphatic heterocycles. The first-order chi connectivity index (χ1) is 10.9. The molecule has 2 aliphatic rings. The van der Waals surface area contributed by atoms with Crippen molar-refractivity contribution in [3.63, 3.8) is 0 Å². The molecule has 1 unspecified atom stereocenters. The minimum absolute atomic E-state index is 0.0449. The van der Waals surface area contributed by atoms with Crippen LogP contribution in [-0.4, -0.2) is 24.8 Å². The Hall–Kier alpha value is -1.22. The molecule has 0 saturated carbocycles. The van der Waals surface area contributed by atoms with Gasteiger partial charge in [-0.15, -0.1) is 0 Å². The van der Waals surface area contributed by atoms with Crippen LogP contribution in [0.15, 0.2) is 24.3 Å². The van der Waals surface area contributed by atoms with E-state index in [9.17, 15) is 0 Å². The molecule has 0 aromatic heterocycles. The van der Waals surface area contributed by atoms with E-state index in [1.165, 1.54) is 44.2 Å². The normalized spacial score (nSPS) is 30.0. The van der Waals surface area contributed by atoms with Crippen LogP contribution in [0.2, 0.25) is 0 Å². The van der Waals surface area contributed by atoms with Crippen molar-refractivity contribution in [1.82, 2.24) is 0 Å². The standard InChI is InChI=1S/C20H32N2O/c1-4-5-8-16-13-20(14-19(2,3)23-15-20)11-12-22(16)18-10-7-6-9-17(18)21/h6-7,9-10,16H,4-5,8,11-15,21H2,1-3H3/t16-,20?/m1/s1. The molecule has 2 heterocycles. The van der Waals surface area contributed by atoms with Crippen molar-refractivity contribution in [1.29, 1.82) is 0 Å². The molecule has 1 aromatic carbocycles. The van der Waals surface area contributed by atoms with E-state index in [4.69, 9.17) is 10.5 Å². The van der Waals surface area contributed by atoms with Crippen molar-refractivity contribution in [2.24, 2.45) is 5.41 Å². The number of hydrogen-bond donors (Lipinski definition) is 1. The van der Waals surface area contributed by atoms with Crippen LogP contribution >= 0.6 is 0 Å². The second-order valence-electron chi connectivity index (χ2n) is 8.23. The molecular weight excluding hydrogens is 284 g/mol. The zero-order chi connectivity index (χ0) is 16.5. The van der Waals surface area contributed by atoms with Gasteiger partial charge in [0.15, 0.2) is 0 Å². The van der Waals surface area contributed by atoms with Crippen LogP contribution in [0.25, 0.3) is 0 Å². The van der Waals surface area contributed by atoms with Gasteiger partial charge < -0.3 is 15.4 Å². The number of nitrogens with zero attached hydrogens (tertiary/aromatic N) is 1. The first kappa shape index (κ1) is 16.6. The maximum atomic E-state index is 6.26. The molecule has 128 valence electrons. The van der Waals surface area contributed by atoms with Gasteiger partial charge in [-0.05, 0) is 51.7 Å². The Morgan fingerprint density at radius 1 is 1.30 bits per heavy atom. The maximum absolute atomic E-state index is 6.26. The fourth-order valence-corrected chi connectivity index (χ4v) is 4.66. The number of hydrogen-bond acceptors (Lipinski definition) is 3. The van der Waals surface area contributed by atoms with Crippen LogP contribution < -0.4 is 10.6 Å². The van der Waals surface area contributed by atoms with Crippen molar-refractivity contribution < 1.29 is 4.74 Å². The summed E-state index contributed by atoms with van der Waals surface area (Å²) in [4.78, 5) is 2.57. The van der Waals surface area contributed by atoms with E-state index >= 15 is 0 Å². The summed E-state index contributed by atoms with van der Waals surface area (Å²) in [5, 5.41) is 0. The molecule has 0 radical (unpaired) electrons. The molecular formula is C20H32N2O. The van der Waals surface area contributed by atoms with Crippen LogP contribution in [0.1, 0.15) is 59.3 Å². The Morgan fingerprint density at radius 3 is 2.74 bits per heavy atom. The molecule has 3 rings (SSSR count). The Bertz CT molecular complexity index is 542. The van der Waals surface area contributed by atoms with Gasteiger partial charge in [-0.25, -0.2) is 0 Å². The monoisotopic (exact) mass is 316 g/mol. The Balaban J connectivity index is 1.81. The molecule has 1 spiro atoms. The Morgan fingerprint density at radius 2 is 2.09 bits per heavy atom. The van der Waals surface area contributed by atoms with E-state index in [1.807, 2.05) is 12.1 Å². The Kier molecular flexibility index (Phi) is 4.59. The lowest BCUT2D eigenvalue weighted by atomic mass is 9.71. The summed E-state index contributed by atoms with van der Waals surface area (Å²) in [6, 6.07) is 8.93. The number of unbranched alkanes of at least 4 members (excludes halogenated alkanes) is 1. The van der Waals surface area contributed by atoms with Gasteiger partial charge in [0.25, 0.3) is 0 Å². The van der Waals surface area contributed by atoms with Crippen LogP contribution in [-0.2, 0) is 4.74 Å². The van der Waals surface area contributed by atoms with Gasteiger partial charge in [0, 0.05) is 18.0 Å². The summed E-state index contributed by atoms with van der Waals surface area (Å²) in [7, 11) is 0. The van der Waals surface area contributed by atoms with Crippen LogP contribution in [0.3, 0.4) is 0 Å². The van der Waals surface area contributed by atoms with Crippen molar-refractivity contribution in [3.8, 4) is 0 Å². The zero-order valence-electron chi connectivity index (χ0n) is 15.0. The van der Waals surface area contributed by atoms with Crippen molar-refractivity contribution in [3.05, 3.63) is 24.3 Å². The van der Waals surface area contributed by atoms with E-state index in [2.05, 4.69) is 37.8 Å². The molecule has 2 N–H and O–H groups in total. The first-order valence-electron chi connectivity index (χ1n) is 9.20. The highest BCUT2D eigenvalue weighted by Crippen LogP contribution is 2.49. The quantitative estimate of drug-likeness (QED) is 0.824. The predicted molar refractivity (Wildman–Crippen MR) is 97.8 cm³/mol. The summed E-state index contributed by atoms with van der Waals surface area (Å²) < 4.78 is 6.11. The number of para-hydroxylation sites is 2. The third-order valence-electron chi connectivity index (χ3n) is 5.70. The van der Waals surface area contributed by atoms with E-state index in [0.717, 1.165) is 18.8 Å². The maximum Gasteiger partial charge on any atom is 0.0633 e. The molecule has 1 aromatic rings. The highest BCUT2D eigenvalue weighted by Gasteiger charge is 2.48. The third-order valence-corrected chi connectivity index (χ3v) is 5.70. The SMILES string of the molecule is CCCC[C@@H]1CC2(CCN1c1ccccc1N)COC(C)(C)C2. The number of benzene rings is 1. The first-order valence-corrected chi connectivity index (χ1v) is 9.20. The number of nitrogen functional groups attached to an aromatic ring is 1. The largest absolute Gasteiger partial charge is 0.397 e. The van der Waals surface area contributed by atoms with Crippen LogP contribution in [0, 0.1) is 5.41 Å². The molecule has 0 aliphatic carbocycles. The molecule has 3 heteroatoms. The molecule has 2 saturated heterocycles. The lowest BCUT2D eigenvalue weighted by Gasteiger charge is -2.46. The summed E-state index contributed by atoms with van der Waals surface area (Å²) in [6.07, 6.45) is 7.45. The lowest BCUT2D eigenvalue weighted by molar-refractivity contribution is 0.0284. The van der Waals surface area contributed by atoms with E-state index in [1.54, 1.807) is 0 Å². The van der Waals surface area contributed by atoms with E-state index in [0.29, 0.717) is 11.5 Å².